The number of hydrogen-bond donors (Lipinski definition) is 1. The van der Waals surface area contributed by atoms with Crippen LogP contribution in [0.3, 0.4) is 0 Å². The maximum Gasteiger partial charge on any atom is 0.131 e. The molecule has 2 nitrogen and oxygen atoms in total. The van der Waals surface area contributed by atoms with Gasteiger partial charge >= 0.3 is 0 Å². The highest BCUT2D eigenvalue weighted by Gasteiger charge is 2.09. The summed E-state index contributed by atoms with van der Waals surface area (Å²) in [6.07, 6.45) is 0. The molecule has 0 saturated carbocycles. The minimum atomic E-state index is 0.254. The van der Waals surface area contributed by atoms with Gasteiger partial charge < -0.3 is 5.32 Å². The molecule has 0 aliphatic rings. The summed E-state index contributed by atoms with van der Waals surface area (Å²) in [6, 6.07) is 5.57. The molecule has 0 bridgehead atoms. The summed E-state index contributed by atoms with van der Waals surface area (Å²) in [5.41, 5.74) is 0.254. The molecule has 0 aromatic carbocycles. The predicted molar refractivity (Wildman–Crippen MR) is 57.2 cm³/mol. The Morgan fingerprint density at radius 1 is 1.38 bits per heavy atom. The van der Waals surface area contributed by atoms with Crippen molar-refractivity contribution in [2.24, 2.45) is 5.41 Å². The third-order valence-electron chi connectivity index (χ3n) is 1.51. The molecule has 72 valence electrons. The van der Waals surface area contributed by atoms with E-state index in [-0.39, 0.29) is 5.41 Å². The maximum atomic E-state index is 5.74. The first-order valence-electron chi connectivity index (χ1n) is 4.34. The molecule has 13 heavy (non-hydrogen) atoms. The van der Waals surface area contributed by atoms with Crippen molar-refractivity contribution < 1.29 is 0 Å². The van der Waals surface area contributed by atoms with E-state index in [0.29, 0.717) is 5.15 Å². The fraction of sp³-hybridized carbons (Fsp3) is 0.500. The van der Waals surface area contributed by atoms with Gasteiger partial charge in [0.2, 0.25) is 0 Å². The van der Waals surface area contributed by atoms with Crippen LogP contribution in [0.15, 0.2) is 18.2 Å². The number of aromatic nitrogens is 1. The molecule has 0 unspecified atom stereocenters. The Bertz CT molecular complexity index is 278. The molecule has 0 aliphatic heterocycles. The number of nitrogens with zero attached hydrogens (tertiary/aromatic N) is 1. The zero-order valence-corrected chi connectivity index (χ0v) is 9.02. The molecule has 1 N–H and O–H groups in total. The lowest BCUT2D eigenvalue weighted by Gasteiger charge is -2.18. The lowest BCUT2D eigenvalue weighted by Crippen LogP contribution is -2.19. The standard InChI is InChI=1S/C10H15ClN2/c1-10(2,3)7-12-9-6-4-5-8(11)13-9/h4-6H,7H2,1-3H3,(H,12,13). The third kappa shape index (κ3) is 4.13. The number of hydrogen-bond acceptors (Lipinski definition) is 2. The molecule has 0 atom stereocenters. The Hall–Kier alpha value is -0.760. The van der Waals surface area contributed by atoms with Crippen molar-refractivity contribution in [1.82, 2.24) is 4.98 Å². The molecule has 1 rings (SSSR count). The predicted octanol–water partition coefficient (Wildman–Crippen LogP) is 3.19. The van der Waals surface area contributed by atoms with Crippen LogP contribution < -0.4 is 5.32 Å². The molecular weight excluding hydrogens is 184 g/mol. The van der Waals surface area contributed by atoms with Crippen molar-refractivity contribution in [1.29, 1.82) is 0 Å². The highest BCUT2D eigenvalue weighted by molar-refractivity contribution is 6.29. The highest BCUT2D eigenvalue weighted by atomic mass is 35.5. The molecule has 0 saturated heterocycles. The van der Waals surface area contributed by atoms with Crippen molar-refractivity contribution >= 4 is 17.4 Å². The number of anilines is 1. The lowest BCUT2D eigenvalue weighted by molar-refractivity contribution is 0.442. The Labute approximate surface area is 84.3 Å². The van der Waals surface area contributed by atoms with E-state index >= 15 is 0 Å². The van der Waals surface area contributed by atoms with Gasteiger partial charge in [0.05, 0.1) is 0 Å². The minimum absolute atomic E-state index is 0.254. The second-order valence-corrected chi connectivity index (χ2v) is 4.65. The summed E-state index contributed by atoms with van der Waals surface area (Å²) >= 11 is 5.74. The van der Waals surface area contributed by atoms with E-state index in [1.165, 1.54) is 0 Å². The Morgan fingerprint density at radius 3 is 2.62 bits per heavy atom. The van der Waals surface area contributed by atoms with E-state index in [0.717, 1.165) is 12.4 Å². The van der Waals surface area contributed by atoms with Crippen LogP contribution in [0.2, 0.25) is 5.15 Å². The second kappa shape index (κ2) is 3.97. The van der Waals surface area contributed by atoms with Crippen molar-refractivity contribution in [2.45, 2.75) is 20.8 Å². The van der Waals surface area contributed by atoms with Crippen molar-refractivity contribution in [2.75, 3.05) is 11.9 Å². The quantitative estimate of drug-likeness (QED) is 0.739. The Kier molecular flexibility index (Phi) is 3.15. The van der Waals surface area contributed by atoms with Gasteiger partial charge in [0.1, 0.15) is 11.0 Å². The van der Waals surface area contributed by atoms with Crippen LogP contribution >= 0.6 is 11.6 Å². The minimum Gasteiger partial charge on any atom is -0.369 e. The molecule has 1 heterocycles. The summed E-state index contributed by atoms with van der Waals surface area (Å²) in [6.45, 7) is 7.40. The van der Waals surface area contributed by atoms with Gasteiger partial charge in [0, 0.05) is 6.54 Å². The van der Waals surface area contributed by atoms with Crippen LogP contribution in [0.25, 0.3) is 0 Å². The SMILES string of the molecule is CC(C)(C)CNc1cccc(Cl)n1. The van der Waals surface area contributed by atoms with Crippen LogP contribution in [0, 0.1) is 5.41 Å². The summed E-state index contributed by atoms with van der Waals surface area (Å²) in [5.74, 6) is 0.836. The second-order valence-electron chi connectivity index (χ2n) is 4.26. The molecular formula is C10H15ClN2. The zero-order valence-electron chi connectivity index (χ0n) is 8.26. The van der Waals surface area contributed by atoms with Crippen LogP contribution in [-0.2, 0) is 0 Å². The number of halogens is 1. The van der Waals surface area contributed by atoms with E-state index in [1.54, 1.807) is 6.07 Å². The van der Waals surface area contributed by atoms with E-state index in [2.05, 4.69) is 31.1 Å². The first-order valence-corrected chi connectivity index (χ1v) is 4.72. The van der Waals surface area contributed by atoms with Crippen LogP contribution in [0.1, 0.15) is 20.8 Å². The van der Waals surface area contributed by atoms with Crippen molar-refractivity contribution in [3.63, 3.8) is 0 Å². The molecule has 0 aliphatic carbocycles. The van der Waals surface area contributed by atoms with Crippen LogP contribution in [-0.4, -0.2) is 11.5 Å². The monoisotopic (exact) mass is 198 g/mol. The molecule has 0 spiro atoms. The van der Waals surface area contributed by atoms with Gasteiger partial charge in [-0.3, -0.25) is 0 Å². The van der Waals surface area contributed by atoms with Gasteiger partial charge in [0.25, 0.3) is 0 Å². The van der Waals surface area contributed by atoms with Crippen LogP contribution in [0.4, 0.5) is 5.82 Å². The summed E-state index contributed by atoms with van der Waals surface area (Å²) < 4.78 is 0. The fourth-order valence-electron chi connectivity index (χ4n) is 0.862. The largest absolute Gasteiger partial charge is 0.369 e. The third-order valence-corrected chi connectivity index (χ3v) is 1.73. The molecule has 1 aromatic rings. The molecule has 3 heteroatoms. The molecule has 0 fully saturated rings. The first kappa shape index (κ1) is 10.3. The number of rotatable bonds is 2. The van der Waals surface area contributed by atoms with Gasteiger partial charge in [0.15, 0.2) is 0 Å². The van der Waals surface area contributed by atoms with Crippen molar-refractivity contribution in [3.8, 4) is 0 Å². The summed E-state index contributed by atoms with van der Waals surface area (Å²) in [7, 11) is 0. The maximum absolute atomic E-state index is 5.74. The number of pyridine rings is 1. The molecule has 0 radical (unpaired) electrons. The van der Waals surface area contributed by atoms with E-state index in [4.69, 9.17) is 11.6 Å². The smallest absolute Gasteiger partial charge is 0.131 e. The normalized spacial score (nSPS) is 11.4. The van der Waals surface area contributed by atoms with E-state index in [9.17, 15) is 0 Å². The average Bonchev–Trinajstić information content (AvgIpc) is 2.00. The average molecular weight is 199 g/mol. The van der Waals surface area contributed by atoms with Gasteiger partial charge in [-0.15, -0.1) is 0 Å². The molecule has 0 amide bonds. The van der Waals surface area contributed by atoms with Crippen molar-refractivity contribution in [3.05, 3.63) is 23.4 Å². The fourth-order valence-corrected chi connectivity index (χ4v) is 1.03. The van der Waals surface area contributed by atoms with Crippen LogP contribution in [0.5, 0.6) is 0 Å². The Balaban J connectivity index is 2.55. The topological polar surface area (TPSA) is 24.9 Å². The first-order chi connectivity index (χ1) is 5.97. The van der Waals surface area contributed by atoms with Gasteiger partial charge in [-0.2, -0.15) is 0 Å². The van der Waals surface area contributed by atoms with E-state index in [1.807, 2.05) is 12.1 Å². The van der Waals surface area contributed by atoms with Gasteiger partial charge in [-0.1, -0.05) is 38.4 Å². The summed E-state index contributed by atoms with van der Waals surface area (Å²) in [5, 5.41) is 3.76. The Morgan fingerprint density at radius 2 is 2.08 bits per heavy atom. The summed E-state index contributed by atoms with van der Waals surface area (Å²) in [4.78, 5) is 4.13. The zero-order chi connectivity index (χ0) is 9.90. The van der Waals surface area contributed by atoms with Gasteiger partial charge in [-0.25, -0.2) is 4.98 Å². The van der Waals surface area contributed by atoms with E-state index < -0.39 is 0 Å². The lowest BCUT2D eigenvalue weighted by atomic mass is 9.97. The van der Waals surface area contributed by atoms with Gasteiger partial charge in [-0.05, 0) is 17.5 Å². The highest BCUT2D eigenvalue weighted by Crippen LogP contribution is 2.15. The number of nitrogens with one attached hydrogen (secondary N) is 1. The molecule has 1 aromatic heterocycles.